The topological polar surface area (TPSA) is 131 Å². The van der Waals surface area contributed by atoms with Gasteiger partial charge in [-0.1, -0.05) is 11.6 Å². The molecule has 1 aromatic heterocycles. The van der Waals surface area contributed by atoms with Crippen LogP contribution in [0.25, 0.3) is 0 Å². The highest BCUT2D eigenvalue weighted by atomic mass is 35.5. The maximum Gasteiger partial charge on any atom is 0.436 e. The first kappa shape index (κ1) is 23.9. The molecule has 2 N–H and O–H groups in total. The molecule has 174 valence electrons. The molecule has 0 saturated carbocycles. The van der Waals surface area contributed by atoms with Crippen molar-refractivity contribution in [2.45, 2.75) is 38.0 Å². The number of carboxylic acids is 1. The number of thioether (sulfide) groups is 1. The normalized spacial score (nSPS) is 20.6. The van der Waals surface area contributed by atoms with Gasteiger partial charge in [-0.15, -0.1) is 11.8 Å². The Hall–Kier alpha value is -2.74. The summed E-state index contributed by atoms with van der Waals surface area (Å²) >= 11 is 6.81. The summed E-state index contributed by atoms with van der Waals surface area (Å²) in [7, 11) is 0. The molecular weight excluding hydrogens is 481 g/mol. The van der Waals surface area contributed by atoms with Gasteiger partial charge in [0.05, 0.1) is 10.7 Å². The molecule has 15 heteroatoms. The minimum atomic E-state index is -4.80. The summed E-state index contributed by atoms with van der Waals surface area (Å²) in [5, 5.41) is 13.9. The van der Waals surface area contributed by atoms with E-state index in [2.05, 4.69) is 10.4 Å². The van der Waals surface area contributed by atoms with Gasteiger partial charge in [0.25, 0.3) is 5.91 Å². The molecule has 0 radical (unpaired) electrons. The number of hydrogen-bond donors (Lipinski definition) is 2. The van der Waals surface area contributed by atoms with Crippen LogP contribution in [0.1, 0.15) is 18.3 Å². The number of aliphatic carboxylic acids is 1. The lowest BCUT2D eigenvalue weighted by molar-refractivity contribution is -0.151. The third-order valence-corrected chi connectivity index (χ3v) is 6.50. The standard InChI is InChI=1S/C17H16ClF3N4O6S/c1-6-10(18)13(17(19,20)21)23-24(6)3-9(27)22-11-14(28)25-12(16(29)30)8(4-31-7(2)26)5-32-15(11)25/h11,15H,3-5H2,1-2H3,(H,22,27)(H,29,30)/t11-,15-/m1/s1. The zero-order chi connectivity index (χ0) is 24.0. The van der Waals surface area contributed by atoms with Crippen molar-refractivity contribution < 1.29 is 42.2 Å². The average molecular weight is 497 g/mol. The van der Waals surface area contributed by atoms with E-state index in [1.807, 2.05) is 0 Å². The molecule has 2 aliphatic rings. The van der Waals surface area contributed by atoms with E-state index in [4.69, 9.17) is 16.3 Å². The lowest BCUT2D eigenvalue weighted by atomic mass is 10.0. The Morgan fingerprint density at radius 1 is 1.38 bits per heavy atom. The Morgan fingerprint density at radius 3 is 2.56 bits per heavy atom. The number of β-lactam (4-membered cyclic amide) rings is 1. The van der Waals surface area contributed by atoms with Crippen LogP contribution >= 0.6 is 23.4 Å². The molecule has 2 atom stereocenters. The summed E-state index contributed by atoms with van der Waals surface area (Å²) in [5.41, 5.74) is -1.49. The molecule has 1 saturated heterocycles. The van der Waals surface area contributed by atoms with Crippen LogP contribution in [0, 0.1) is 6.92 Å². The monoisotopic (exact) mass is 496 g/mol. The second-order valence-corrected chi connectivity index (χ2v) is 8.38. The van der Waals surface area contributed by atoms with Crippen LogP contribution in [0.2, 0.25) is 5.02 Å². The Bertz CT molecular complexity index is 1040. The van der Waals surface area contributed by atoms with Crippen molar-refractivity contribution in [1.29, 1.82) is 0 Å². The van der Waals surface area contributed by atoms with Gasteiger partial charge in [-0.05, 0) is 6.92 Å². The van der Waals surface area contributed by atoms with E-state index in [0.717, 1.165) is 28.3 Å². The van der Waals surface area contributed by atoms with Crippen LogP contribution in [0.4, 0.5) is 13.2 Å². The number of alkyl halides is 3. The van der Waals surface area contributed by atoms with Gasteiger partial charge in [0.1, 0.15) is 30.3 Å². The van der Waals surface area contributed by atoms with Crippen molar-refractivity contribution in [2.24, 2.45) is 0 Å². The minimum absolute atomic E-state index is 0.0750. The van der Waals surface area contributed by atoms with Crippen LogP contribution in [0.3, 0.4) is 0 Å². The number of aromatic nitrogens is 2. The predicted molar refractivity (Wildman–Crippen MR) is 103 cm³/mol. The van der Waals surface area contributed by atoms with Crippen LogP contribution < -0.4 is 5.32 Å². The molecular formula is C17H16ClF3N4O6S. The molecule has 3 rings (SSSR count). The van der Waals surface area contributed by atoms with Crippen molar-refractivity contribution in [2.75, 3.05) is 12.4 Å². The third kappa shape index (κ3) is 4.41. The van der Waals surface area contributed by atoms with E-state index in [-0.39, 0.29) is 29.3 Å². The number of carboxylic acid groups (broad SMARTS) is 1. The van der Waals surface area contributed by atoms with E-state index in [0.29, 0.717) is 0 Å². The predicted octanol–water partition coefficient (Wildman–Crippen LogP) is 1.17. The third-order valence-electron chi connectivity index (χ3n) is 4.71. The summed E-state index contributed by atoms with van der Waals surface area (Å²) in [6, 6.07) is -1.08. The number of rotatable bonds is 6. The number of nitrogens with one attached hydrogen (secondary N) is 1. The van der Waals surface area contributed by atoms with Crippen LogP contribution in [-0.2, 0) is 36.6 Å². The number of nitrogens with zero attached hydrogens (tertiary/aromatic N) is 3. The van der Waals surface area contributed by atoms with Gasteiger partial charge < -0.3 is 15.2 Å². The summed E-state index contributed by atoms with van der Waals surface area (Å²) in [6.07, 6.45) is -4.80. The molecule has 2 aliphatic heterocycles. The fraction of sp³-hybridized carbons (Fsp3) is 0.471. The molecule has 32 heavy (non-hydrogen) atoms. The summed E-state index contributed by atoms with van der Waals surface area (Å²) < 4.78 is 44.4. The van der Waals surface area contributed by atoms with Gasteiger partial charge in [-0.25, -0.2) is 4.79 Å². The molecule has 1 fully saturated rings. The molecule has 0 bridgehead atoms. The Balaban J connectivity index is 1.71. The van der Waals surface area contributed by atoms with Gasteiger partial charge in [0.15, 0.2) is 5.69 Å². The number of hydrogen-bond acceptors (Lipinski definition) is 7. The zero-order valence-corrected chi connectivity index (χ0v) is 18.1. The average Bonchev–Trinajstić information content (AvgIpc) is 2.98. The molecule has 3 heterocycles. The van der Waals surface area contributed by atoms with Crippen LogP contribution in [0.5, 0.6) is 0 Å². The summed E-state index contributed by atoms with van der Waals surface area (Å²) in [6.45, 7) is 1.51. The Morgan fingerprint density at radius 2 is 2.03 bits per heavy atom. The molecule has 0 unspecified atom stereocenters. The number of halogens is 4. The number of carbonyl (C=O) groups is 4. The fourth-order valence-corrected chi connectivity index (χ4v) is 4.77. The maximum atomic E-state index is 12.9. The van der Waals surface area contributed by atoms with Crippen molar-refractivity contribution >= 4 is 47.1 Å². The second-order valence-electron chi connectivity index (χ2n) is 6.90. The number of ether oxygens (including phenoxy) is 1. The van der Waals surface area contributed by atoms with Crippen LogP contribution in [0.15, 0.2) is 11.3 Å². The van der Waals surface area contributed by atoms with Gasteiger partial charge in [0.2, 0.25) is 5.91 Å². The minimum Gasteiger partial charge on any atom is -0.477 e. The SMILES string of the molecule is CC(=O)OCC1=C(C(=O)O)N2C(=O)[C@@H](NC(=O)Cn3nc(C(F)(F)F)c(Cl)c3C)[C@H]2SC1. The van der Waals surface area contributed by atoms with Crippen LogP contribution in [-0.4, -0.2) is 67.3 Å². The van der Waals surface area contributed by atoms with Gasteiger partial charge >= 0.3 is 18.1 Å². The quantitative estimate of drug-likeness (QED) is 0.443. The van der Waals surface area contributed by atoms with Crippen molar-refractivity contribution in [1.82, 2.24) is 20.0 Å². The number of fused-ring (bicyclic) bond motifs is 1. The molecule has 0 spiro atoms. The molecule has 0 aromatic carbocycles. The van der Waals surface area contributed by atoms with Gasteiger partial charge in [-0.2, -0.15) is 18.3 Å². The number of carbonyl (C=O) groups excluding carboxylic acids is 3. The number of esters is 1. The molecule has 0 aliphatic carbocycles. The van der Waals surface area contributed by atoms with E-state index in [1.54, 1.807) is 0 Å². The highest BCUT2D eigenvalue weighted by Gasteiger charge is 2.54. The highest BCUT2D eigenvalue weighted by Crippen LogP contribution is 2.40. The van der Waals surface area contributed by atoms with Crippen molar-refractivity contribution in [3.63, 3.8) is 0 Å². The summed E-state index contributed by atoms with van der Waals surface area (Å²) in [5.74, 6) is -3.38. The smallest absolute Gasteiger partial charge is 0.436 e. The Kier molecular flexibility index (Phi) is 6.47. The van der Waals surface area contributed by atoms with Crippen molar-refractivity contribution in [3.05, 3.63) is 27.7 Å². The van der Waals surface area contributed by atoms with Crippen molar-refractivity contribution in [3.8, 4) is 0 Å². The first-order chi connectivity index (χ1) is 14.8. The molecule has 1 aromatic rings. The van der Waals surface area contributed by atoms with Gasteiger partial charge in [0, 0.05) is 18.2 Å². The molecule has 10 nitrogen and oxygen atoms in total. The van der Waals surface area contributed by atoms with E-state index in [1.165, 1.54) is 6.92 Å². The lowest BCUT2D eigenvalue weighted by Gasteiger charge is -2.49. The largest absolute Gasteiger partial charge is 0.477 e. The second kappa shape index (κ2) is 8.65. The van der Waals surface area contributed by atoms with Gasteiger partial charge in [-0.3, -0.25) is 24.0 Å². The summed E-state index contributed by atoms with van der Waals surface area (Å²) in [4.78, 5) is 48.5. The molecule has 2 amide bonds. The number of amides is 2. The first-order valence-corrected chi connectivity index (χ1v) is 10.4. The Labute approximate surface area is 187 Å². The van der Waals surface area contributed by atoms with E-state index < -0.39 is 58.6 Å². The van der Waals surface area contributed by atoms with E-state index in [9.17, 15) is 37.5 Å². The zero-order valence-electron chi connectivity index (χ0n) is 16.5. The highest BCUT2D eigenvalue weighted by molar-refractivity contribution is 8.00. The first-order valence-electron chi connectivity index (χ1n) is 8.95. The fourth-order valence-electron chi connectivity index (χ4n) is 3.20. The van der Waals surface area contributed by atoms with E-state index >= 15 is 0 Å². The maximum absolute atomic E-state index is 12.9. The lowest BCUT2D eigenvalue weighted by Crippen LogP contribution is -2.70.